The zero-order valence-electron chi connectivity index (χ0n) is 16.6. The van der Waals surface area contributed by atoms with Crippen molar-refractivity contribution in [1.82, 2.24) is 5.32 Å². The van der Waals surface area contributed by atoms with Gasteiger partial charge in [0, 0.05) is 17.8 Å². The summed E-state index contributed by atoms with van der Waals surface area (Å²) >= 11 is 0. The van der Waals surface area contributed by atoms with Gasteiger partial charge in [-0.05, 0) is 62.1 Å². The number of hydrogen-bond donors (Lipinski definition) is 2. The van der Waals surface area contributed by atoms with Gasteiger partial charge in [-0.3, -0.25) is 0 Å². The molecule has 0 bridgehead atoms. The third kappa shape index (κ3) is 7.24. The molecule has 11 heteroatoms. The van der Waals surface area contributed by atoms with Crippen molar-refractivity contribution in [1.29, 1.82) is 0 Å². The Morgan fingerprint density at radius 2 is 1.53 bits per heavy atom. The first-order valence-corrected chi connectivity index (χ1v) is 9.75. The third-order valence-corrected chi connectivity index (χ3v) is 4.82. The van der Waals surface area contributed by atoms with Crippen molar-refractivity contribution in [2.75, 3.05) is 5.32 Å². The lowest BCUT2D eigenvalue weighted by Crippen LogP contribution is -2.41. The summed E-state index contributed by atoms with van der Waals surface area (Å²) < 4.78 is 84.3. The van der Waals surface area contributed by atoms with E-state index >= 15 is 0 Å². The maximum absolute atomic E-state index is 12.6. The summed E-state index contributed by atoms with van der Waals surface area (Å²) in [6, 6.07) is 8.66. The molecule has 2 aromatic rings. The van der Waals surface area contributed by atoms with Crippen LogP contribution in [0.3, 0.4) is 0 Å². The summed E-state index contributed by atoms with van der Waals surface area (Å²) in [4.78, 5) is 12.2. The Morgan fingerprint density at radius 3 is 2.12 bits per heavy atom. The largest absolute Gasteiger partial charge is 0.573 e. The molecule has 0 radical (unpaired) electrons. The Kier molecular flexibility index (Phi) is 7.05. The molecule has 32 heavy (non-hydrogen) atoms. The fraction of sp³-hybridized carbons (Fsp3) is 0.381. The number of carbonyl (C=O) groups excluding carboxylic acids is 1. The van der Waals surface area contributed by atoms with Gasteiger partial charge in [-0.15, -0.1) is 13.2 Å². The number of benzene rings is 2. The van der Waals surface area contributed by atoms with Crippen molar-refractivity contribution in [3.63, 3.8) is 0 Å². The highest BCUT2D eigenvalue weighted by molar-refractivity contribution is 5.89. The number of carbonyl (C=O) groups is 1. The van der Waals surface area contributed by atoms with Gasteiger partial charge in [-0.2, -0.15) is 13.2 Å². The van der Waals surface area contributed by atoms with Gasteiger partial charge < -0.3 is 20.1 Å². The Labute approximate surface area is 179 Å². The van der Waals surface area contributed by atoms with Gasteiger partial charge in [-0.25, -0.2) is 4.79 Å². The molecule has 2 aromatic carbocycles. The first kappa shape index (κ1) is 23.6. The highest BCUT2D eigenvalue weighted by Crippen LogP contribution is 2.31. The lowest BCUT2D eigenvalue weighted by atomic mass is 9.93. The predicted octanol–water partition coefficient (Wildman–Crippen LogP) is 6.12. The van der Waals surface area contributed by atoms with Crippen molar-refractivity contribution in [2.24, 2.45) is 0 Å². The number of hydrogen-bond acceptors (Lipinski definition) is 3. The molecule has 0 heterocycles. The van der Waals surface area contributed by atoms with Crippen molar-refractivity contribution in [2.45, 2.75) is 50.4 Å². The maximum Gasteiger partial charge on any atom is 0.573 e. The Bertz CT molecular complexity index is 907. The number of rotatable bonds is 5. The molecule has 2 N–H and O–H groups in total. The molecule has 0 aromatic heterocycles. The van der Waals surface area contributed by atoms with Crippen LogP contribution in [0.5, 0.6) is 11.5 Å². The van der Waals surface area contributed by atoms with E-state index in [-0.39, 0.29) is 17.8 Å². The van der Waals surface area contributed by atoms with Gasteiger partial charge in [0.2, 0.25) is 0 Å². The van der Waals surface area contributed by atoms with Crippen LogP contribution in [-0.2, 0) is 6.18 Å². The second-order valence-corrected chi connectivity index (χ2v) is 7.29. The van der Waals surface area contributed by atoms with E-state index in [9.17, 15) is 31.1 Å². The number of urea groups is 1. The highest BCUT2D eigenvalue weighted by Gasteiger charge is 2.31. The van der Waals surface area contributed by atoms with Gasteiger partial charge in [0.15, 0.2) is 0 Å². The Hall–Kier alpha value is -3.11. The third-order valence-electron chi connectivity index (χ3n) is 4.82. The fourth-order valence-corrected chi connectivity index (χ4v) is 3.36. The molecule has 5 nitrogen and oxygen atoms in total. The highest BCUT2D eigenvalue weighted by atomic mass is 19.4. The van der Waals surface area contributed by atoms with Crippen LogP contribution in [0.15, 0.2) is 48.5 Å². The molecule has 174 valence electrons. The van der Waals surface area contributed by atoms with Crippen LogP contribution in [0.1, 0.15) is 31.2 Å². The molecule has 1 fully saturated rings. The van der Waals surface area contributed by atoms with E-state index in [1.807, 2.05) is 0 Å². The van der Waals surface area contributed by atoms with Crippen LogP contribution in [0.2, 0.25) is 0 Å². The summed E-state index contributed by atoms with van der Waals surface area (Å²) in [7, 11) is 0. The molecule has 1 aliphatic carbocycles. The summed E-state index contributed by atoms with van der Waals surface area (Å²) in [5.74, 6) is -0.107. The van der Waals surface area contributed by atoms with Crippen LogP contribution < -0.4 is 20.1 Å². The van der Waals surface area contributed by atoms with E-state index in [4.69, 9.17) is 4.74 Å². The topological polar surface area (TPSA) is 59.6 Å². The van der Waals surface area contributed by atoms with E-state index in [0.717, 1.165) is 24.3 Å². The minimum atomic E-state index is -4.83. The molecule has 1 aliphatic rings. The summed E-state index contributed by atoms with van der Waals surface area (Å²) in [5.41, 5.74) is -0.608. The lowest BCUT2D eigenvalue weighted by Gasteiger charge is -2.29. The SMILES string of the molecule is O=C(Nc1cccc(OC(F)(F)F)c1)NC1CCC(Oc2ccc(C(F)(F)F)cc2)CC1. The second kappa shape index (κ2) is 9.58. The lowest BCUT2D eigenvalue weighted by molar-refractivity contribution is -0.274. The number of amides is 2. The summed E-state index contributed by atoms with van der Waals surface area (Å²) in [6.07, 6.45) is -7.10. The Balaban J connectivity index is 1.44. The van der Waals surface area contributed by atoms with Crippen LogP contribution in [0.25, 0.3) is 0 Å². The van der Waals surface area contributed by atoms with E-state index in [0.29, 0.717) is 31.4 Å². The zero-order valence-corrected chi connectivity index (χ0v) is 16.6. The number of anilines is 1. The number of alkyl halides is 6. The summed E-state index contributed by atoms with van der Waals surface area (Å²) in [6.45, 7) is 0. The van der Waals surface area contributed by atoms with Gasteiger partial charge >= 0.3 is 18.6 Å². The molecular weight excluding hydrogens is 442 g/mol. The zero-order chi connectivity index (χ0) is 23.4. The fourth-order valence-electron chi connectivity index (χ4n) is 3.36. The molecule has 0 saturated heterocycles. The summed E-state index contributed by atoms with van der Waals surface area (Å²) in [5, 5.41) is 5.21. The van der Waals surface area contributed by atoms with Gasteiger partial charge in [0.1, 0.15) is 11.5 Å². The first-order chi connectivity index (χ1) is 15.0. The van der Waals surface area contributed by atoms with E-state index in [1.54, 1.807) is 0 Å². The number of halogens is 6. The van der Waals surface area contributed by atoms with Crippen LogP contribution >= 0.6 is 0 Å². The smallest absolute Gasteiger partial charge is 0.490 e. The van der Waals surface area contributed by atoms with Crippen molar-refractivity contribution in [3.8, 4) is 11.5 Å². The van der Waals surface area contributed by atoms with Crippen LogP contribution in [0.4, 0.5) is 36.8 Å². The Morgan fingerprint density at radius 1 is 0.875 bits per heavy atom. The van der Waals surface area contributed by atoms with Gasteiger partial charge in [0.25, 0.3) is 0 Å². The van der Waals surface area contributed by atoms with E-state index in [2.05, 4.69) is 15.4 Å². The molecule has 1 saturated carbocycles. The second-order valence-electron chi connectivity index (χ2n) is 7.29. The van der Waals surface area contributed by atoms with Crippen molar-refractivity contribution < 1.29 is 40.6 Å². The molecule has 3 rings (SSSR count). The van der Waals surface area contributed by atoms with Crippen molar-refractivity contribution >= 4 is 11.7 Å². The normalized spacial score (nSPS) is 19.2. The number of nitrogens with one attached hydrogen (secondary N) is 2. The minimum Gasteiger partial charge on any atom is -0.490 e. The average molecular weight is 462 g/mol. The van der Waals surface area contributed by atoms with Gasteiger partial charge in [-0.1, -0.05) is 6.07 Å². The quantitative estimate of drug-likeness (QED) is 0.527. The molecule has 0 spiro atoms. The van der Waals surface area contributed by atoms with Gasteiger partial charge in [0.05, 0.1) is 11.7 Å². The maximum atomic E-state index is 12.6. The van der Waals surface area contributed by atoms with Crippen molar-refractivity contribution in [3.05, 3.63) is 54.1 Å². The molecule has 0 atom stereocenters. The first-order valence-electron chi connectivity index (χ1n) is 9.75. The van der Waals surface area contributed by atoms with E-state index in [1.165, 1.54) is 24.3 Å². The minimum absolute atomic E-state index is 0.142. The monoisotopic (exact) mass is 462 g/mol. The molecule has 2 amide bonds. The van der Waals surface area contributed by atoms with Crippen LogP contribution in [-0.4, -0.2) is 24.5 Å². The molecule has 0 aliphatic heterocycles. The number of ether oxygens (including phenoxy) is 2. The molecular formula is C21H20F6N2O3. The van der Waals surface area contributed by atoms with E-state index < -0.39 is 29.9 Å². The molecule has 0 unspecified atom stereocenters. The van der Waals surface area contributed by atoms with Crippen LogP contribution in [0, 0.1) is 0 Å². The standard InChI is InChI=1S/C21H20F6N2O3/c22-20(23,24)13-4-8-16(9-5-13)31-17-10-6-14(7-11-17)28-19(30)29-15-2-1-3-18(12-15)32-21(25,26)27/h1-5,8-9,12,14,17H,6-7,10-11H2,(H2,28,29,30). The predicted molar refractivity (Wildman–Crippen MR) is 103 cm³/mol. The average Bonchev–Trinajstić information content (AvgIpc) is 2.68.